The van der Waals surface area contributed by atoms with Crippen LogP contribution >= 0.6 is 11.6 Å². The van der Waals surface area contributed by atoms with Gasteiger partial charge in [0.05, 0.1) is 0 Å². The van der Waals surface area contributed by atoms with E-state index in [2.05, 4.69) is 29.9 Å². The zero-order valence-corrected chi connectivity index (χ0v) is 11.5. The SMILES string of the molecule is Cc1cc(CCl)cnc1N(C)C1CCCCC1. The van der Waals surface area contributed by atoms with Crippen molar-refractivity contribution in [2.75, 3.05) is 11.9 Å². The first-order valence-electron chi connectivity index (χ1n) is 6.46. The van der Waals surface area contributed by atoms with Gasteiger partial charge in [0.15, 0.2) is 0 Å². The van der Waals surface area contributed by atoms with Gasteiger partial charge in [-0.1, -0.05) is 19.3 Å². The van der Waals surface area contributed by atoms with Gasteiger partial charge < -0.3 is 4.90 Å². The molecular formula is C14H21ClN2. The lowest BCUT2D eigenvalue weighted by Gasteiger charge is -2.33. The minimum atomic E-state index is 0.543. The van der Waals surface area contributed by atoms with E-state index in [1.54, 1.807) is 0 Å². The smallest absolute Gasteiger partial charge is 0.131 e. The predicted molar refractivity (Wildman–Crippen MR) is 73.8 cm³/mol. The van der Waals surface area contributed by atoms with Gasteiger partial charge in [-0.3, -0.25) is 0 Å². The van der Waals surface area contributed by atoms with E-state index < -0.39 is 0 Å². The number of alkyl halides is 1. The summed E-state index contributed by atoms with van der Waals surface area (Å²) < 4.78 is 0. The molecule has 1 aliphatic rings. The number of halogens is 1. The molecule has 0 radical (unpaired) electrons. The third kappa shape index (κ3) is 2.92. The lowest BCUT2D eigenvalue weighted by Crippen LogP contribution is -2.34. The number of hydrogen-bond acceptors (Lipinski definition) is 2. The molecule has 0 aliphatic heterocycles. The van der Waals surface area contributed by atoms with Gasteiger partial charge in [-0.25, -0.2) is 4.98 Å². The molecule has 0 bridgehead atoms. The zero-order valence-electron chi connectivity index (χ0n) is 10.7. The lowest BCUT2D eigenvalue weighted by atomic mass is 9.94. The summed E-state index contributed by atoms with van der Waals surface area (Å²) >= 11 is 5.83. The molecule has 1 heterocycles. The van der Waals surface area contributed by atoms with Crippen LogP contribution < -0.4 is 4.90 Å². The molecule has 0 spiro atoms. The van der Waals surface area contributed by atoms with Crippen molar-refractivity contribution in [2.24, 2.45) is 0 Å². The van der Waals surface area contributed by atoms with Gasteiger partial charge in [-0.05, 0) is 37.0 Å². The number of pyridine rings is 1. The van der Waals surface area contributed by atoms with Gasteiger partial charge in [0.2, 0.25) is 0 Å². The minimum absolute atomic E-state index is 0.543. The summed E-state index contributed by atoms with van der Waals surface area (Å²) in [5, 5.41) is 0. The molecule has 1 aromatic heterocycles. The Kier molecular flexibility index (Phi) is 4.27. The highest BCUT2D eigenvalue weighted by molar-refractivity contribution is 6.17. The van der Waals surface area contributed by atoms with Crippen LogP contribution in [0.3, 0.4) is 0 Å². The highest BCUT2D eigenvalue weighted by Crippen LogP contribution is 2.27. The van der Waals surface area contributed by atoms with Gasteiger partial charge in [-0.15, -0.1) is 11.6 Å². The van der Waals surface area contributed by atoms with Crippen LogP contribution in [0.15, 0.2) is 12.3 Å². The standard InChI is InChI=1S/C14H21ClN2/c1-11-8-12(9-15)10-16-14(11)17(2)13-6-4-3-5-7-13/h8,10,13H,3-7,9H2,1-2H3. The van der Waals surface area contributed by atoms with Crippen LogP contribution in [0.25, 0.3) is 0 Å². The molecule has 0 N–H and O–H groups in total. The van der Waals surface area contributed by atoms with E-state index in [1.807, 2.05) is 6.20 Å². The van der Waals surface area contributed by atoms with Crippen molar-refractivity contribution in [1.29, 1.82) is 0 Å². The average Bonchev–Trinajstić information content (AvgIpc) is 2.39. The topological polar surface area (TPSA) is 16.1 Å². The highest BCUT2D eigenvalue weighted by atomic mass is 35.5. The molecule has 0 atom stereocenters. The van der Waals surface area contributed by atoms with Gasteiger partial charge in [-0.2, -0.15) is 0 Å². The molecule has 2 rings (SSSR count). The normalized spacial score (nSPS) is 17.1. The molecule has 2 nitrogen and oxygen atoms in total. The lowest BCUT2D eigenvalue weighted by molar-refractivity contribution is 0.425. The van der Waals surface area contributed by atoms with Crippen molar-refractivity contribution >= 4 is 17.4 Å². The van der Waals surface area contributed by atoms with E-state index in [-0.39, 0.29) is 0 Å². The quantitative estimate of drug-likeness (QED) is 0.759. The Hall–Kier alpha value is -0.760. The molecule has 1 fully saturated rings. The Morgan fingerprint density at radius 1 is 1.35 bits per heavy atom. The minimum Gasteiger partial charge on any atom is -0.356 e. The second-order valence-corrected chi connectivity index (χ2v) is 5.29. The third-order valence-corrected chi connectivity index (χ3v) is 4.03. The summed E-state index contributed by atoms with van der Waals surface area (Å²) in [6.07, 6.45) is 8.60. The molecule has 0 aromatic carbocycles. The van der Waals surface area contributed by atoms with Gasteiger partial charge in [0, 0.05) is 25.2 Å². The molecule has 0 amide bonds. The van der Waals surface area contributed by atoms with Crippen molar-refractivity contribution in [3.8, 4) is 0 Å². The second-order valence-electron chi connectivity index (χ2n) is 5.02. The molecule has 1 aromatic rings. The van der Waals surface area contributed by atoms with E-state index in [0.717, 1.165) is 11.4 Å². The van der Waals surface area contributed by atoms with E-state index in [9.17, 15) is 0 Å². The Morgan fingerprint density at radius 3 is 2.65 bits per heavy atom. The van der Waals surface area contributed by atoms with Crippen LogP contribution in [-0.2, 0) is 5.88 Å². The summed E-state index contributed by atoms with van der Waals surface area (Å²) in [6.45, 7) is 2.12. The fraction of sp³-hybridized carbons (Fsp3) is 0.643. The van der Waals surface area contributed by atoms with Crippen molar-refractivity contribution in [2.45, 2.75) is 50.9 Å². The van der Waals surface area contributed by atoms with Crippen LogP contribution in [0, 0.1) is 6.92 Å². The Labute approximate surface area is 109 Å². The molecule has 1 aliphatic carbocycles. The average molecular weight is 253 g/mol. The van der Waals surface area contributed by atoms with Crippen LogP contribution in [0.1, 0.15) is 43.2 Å². The van der Waals surface area contributed by atoms with Crippen molar-refractivity contribution in [3.05, 3.63) is 23.4 Å². The highest BCUT2D eigenvalue weighted by Gasteiger charge is 2.20. The Morgan fingerprint density at radius 2 is 2.06 bits per heavy atom. The van der Waals surface area contributed by atoms with E-state index >= 15 is 0 Å². The van der Waals surface area contributed by atoms with Crippen molar-refractivity contribution < 1.29 is 0 Å². The monoisotopic (exact) mass is 252 g/mol. The molecule has 0 saturated heterocycles. The van der Waals surface area contributed by atoms with E-state index in [1.165, 1.54) is 37.7 Å². The largest absolute Gasteiger partial charge is 0.356 e. The number of hydrogen-bond donors (Lipinski definition) is 0. The number of nitrogens with zero attached hydrogens (tertiary/aromatic N) is 2. The molecule has 3 heteroatoms. The van der Waals surface area contributed by atoms with Crippen LogP contribution in [0.5, 0.6) is 0 Å². The van der Waals surface area contributed by atoms with Crippen LogP contribution in [0.2, 0.25) is 0 Å². The maximum absolute atomic E-state index is 5.83. The summed E-state index contributed by atoms with van der Waals surface area (Å²) in [7, 11) is 2.17. The Balaban J connectivity index is 2.15. The van der Waals surface area contributed by atoms with Crippen LogP contribution in [0.4, 0.5) is 5.82 Å². The molecule has 17 heavy (non-hydrogen) atoms. The zero-order chi connectivity index (χ0) is 12.3. The molecule has 94 valence electrons. The van der Waals surface area contributed by atoms with Crippen molar-refractivity contribution in [1.82, 2.24) is 4.98 Å². The van der Waals surface area contributed by atoms with Gasteiger partial charge in [0.1, 0.15) is 5.82 Å². The first kappa shape index (κ1) is 12.7. The number of aryl methyl sites for hydroxylation is 1. The summed E-state index contributed by atoms with van der Waals surface area (Å²) in [6, 6.07) is 2.81. The summed E-state index contributed by atoms with van der Waals surface area (Å²) in [4.78, 5) is 6.92. The molecule has 0 unspecified atom stereocenters. The van der Waals surface area contributed by atoms with Gasteiger partial charge >= 0.3 is 0 Å². The molecule has 1 saturated carbocycles. The van der Waals surface area contributed by atoms with E-state index in [4.69, 9.17) is 11.6 Å². The molecular weight excluding hydrogens is 232 g/mol. The summed E-state index contributed by atoms with van der Waals surface area (Å²) in [5.74, 6) is 1.66. The first-order chi connectivity index (χ1) is 8.22. The van der Waals surface area contributed by atoms with Crippen LogP contribution in [-0.4, -0.2) is 18.1 Å². The van der Waals surface area contributed by atoms with E-state index in [0.29, 0.717) is 11.9 Å². The summed E-state index contributed by atoms with van der Waals surface area (Å²) in [5.41, 5.74) is 2.33. The second kappa shape index (κ2) is 5.72. The maximum atomic E-state index is 5.83. The maximum Gasteiger partial charge on any atom is 0.131 e. The number of anilines is 1. The third-order valence-electron chi connectivity index (χ3n) is 3.72. The Bertz CT molecular complexity index is 372. The predicted octanol–water partition coefficient (Wildman–Crippen LogP) is 3.90. The first-order valence-corrected chi connectivity index (χ1v) is 7.00. The number of aromatic nitrogens is 1. The number of rotatable bonds is 3. The van der Waals surface area contributed by atoms with Crippen molar-refractivity contribution in [3.63, 3.8) is 0 Å². The van der Waals surface area contributed by atoms with Gasteiger partial charge in [0.25, 0.3) is 0 Å². The fourth-order valence-corrected chi connectivity index (χ4v) is 2.86. The fourth-order valence-electron chi connectivity index (χ4n) is 2.71.